The molecule has 0 bridgehead atoms. The van der Waals surface area contributed by atoms with E-state index in [2.05, 4.69) is 50.0 Å². The molecule has 0 radical (unpaired) electrons. The Morgan fingerprint density at radius 2 is 2.04 bits per heavy atom. The van der Waals surface area contributed by atoms with E-state index < -0.39 is 0 Å². The molecule has 0 aliphatic carbocycles. The van der Waals surface area contributed by atoms with E-state index in [4.69, 9.17) is 9.52 Å². The van der Waals surface area contributed by atoms with Crippen molar-refractivity contribution in [2.45, 2.75) is 53.5 Å². The Bertz CT molecular complexity index is 491. The number of likely N-dealkylation sites (tertiary alicyclic amines) is 1. The molecule has 2 rings (SSSR count). The van der Waals surface area contributed by atoms with Gasteiger partial charge in [0.15, 0.2) is 11.7 Å². The van der Waals surface area contributed by atoms with Gasteiger partial charge in [-0.2, -0.15) is 0 Å². The predicted octanol–water partition coefficient (Wildman–Crippen LogP) is 3.86. The molecular weight excluding hydrogens is 403 g/mol. The Morgan fingerprint density at radius 3 is 2.57 bits per heavy atom. The number of aromatic nitrogens is 1. The minimum Gasteiger partial charge on any atom is -0.359 e. The number of hydrogen-bond acceptors (Lipinski definition) is 3. The standard InChI is InChI=1S/C17H30N4O.HI/c1-6-18-17(21-10-13(4)7-14(5)11-21)19-9-15-8-16(12(2)3)20-22-15;/h8,12-14H,6-7,9-11H2,1-5H3,(H,18,19);1H. The fourth-order valence-corrected chi connectivity index (χ4v) is 3.09. The van der Waals surface area contributed by atoms with Gasteiger partial charge in [0.2, 0.25) is 0 Å². The predicted molar refractivity (Wildman–Crippen MR) is 105 cm³/mol. The first kappa shape index (κ1) is 20.3. The third-order valence-electron chi connectivity index (χ3n) is 4.06. The molecule has 1 aliphatic rings. The summed E-state index contributed by atoms with van der Waals surface area (Å²) in [5.41, 5.74) is 0.996. The Kier molecular flexibility index (Phi) is 8.36. The van der Waals surface area contributed by atoms with Crippen molar-refractivity contribution in [2.75, 3.05) is 19.6 Å². The highest BCUT2D eigenvalue weighted by molar-refractivity contribution is 14.0. The molecule has 23 heavy (non-hydrogen) atoms. The summed E-state index contributed by atoms with van der Waals surface area (Å²) in [6.45, 7) is 14.5. The molecule has 5 nitrogen and oxygen atoms in total. The van der Waals surface area contributed by atoms with Crippen LogP contribution in [-0.4, -0.2) is 35.7 Å². The highest BCUT2D eigenvalue weighted by Gasteiger charge is 2.24. The summed E-state index contributed by atoms with van der Waals surface area (Å²) in [5.74, 6) is 3.63. The van der Waals surface area contributed by atoms with Gasteiger partial charge in [0, 0.05) is 25.7 Å². The fraction of sp³-hybridized carbons (Fsp3) is 0.765. The molecule has 2 heterocycles. The molecule has 1 N–H and O–H groups in total. The van der Waals surface area contributed by atoms with E-state index in [9.17, 15) is 0 Å². The third kappa shape index (κ3) is 5.97. The van der Waals surface area contributed by atoms with Crippen LogP contribution >= 0.6 is 24.0 Å². The maximum atomic E-state index is 5.38. The van der Waals surface area contributed by atoms with E-state index in [0.717, 1.165) is 37.0 Å². The van der Waals surface area contributed by atoms with Gasteiger partial charge in [-0.25, -0.2) is 4.99 Å². The van der Waals surface area contributed by atoms with E-state index in [1.807, 2.05) is 6.07 Å². The van der Waals surface area contributed by atoms with Gasteiger partial charge in [-0.15, -0.1) is 24.0 Å². The number of aliphatic imine (C=N–C) groups is 1. The van der Waals surface area contributed by atoms with Crippen LogP contribution in [0.5, 0.6) is 0 Å². The first-order chi connectivity index (χ1) is 10.5. The van der Waals surface area contributed by atoms with E-state index in [-0.39, 0.29) is 24.0 Å². The van der Waals surface area contributed by atoms with Crippen LogP contribution in [0.25, 0.3) is 0 Å². The second-order valence-corrected chi connectivity index (χ2v) is 6.89. The van der Waals surface area contributed by atoms with Crippen LogP contribution in [-0.2, 0) is 6.54 Å². The lowest BCUT2D eigenvalue weighted by Crippen LogP contribution is -2.48. The smallest absolute Gasteiger partial charge is 0.194 e. The second kappa shape index (κ2) is 9.49. The van der Waals surface area contributed by atoms with Gasteiger partial charge < -0.3 is 14.7 Å². The Morgan fingerprint density at radius 1 is 1.39 bits per heavy atom. The Labute approximate surface area is 157 Å². The zero-order valence-electron chi connectivity index (χ0n) is 15.0. The molecule has 0 aromatic carbocycles. The number of piperidine rings is 1. The van der Waals surface area contributed by atoms with Crippen molar-refractivity contribution in [1.29, 1.82) is 0 Å². The molecule has 1 aromatic heterocycles. The second-order valence-electron chi connectivity index (χ2n) is 6.89. The average Bonchev–Trinajstić information content (AvgIpc) is 2.91. The van der Waals surface area contributed by atoms with Gasteiger partial charge in [-0.1, -0.05) is 32.9 Å². The summed E-state index contributed by atoms with van der Waals surface area (Å²) in [6.07, 6.45) is 1.30. The van der Waals surface area contributed by atoms with Crippen molar-refractivity contribution in [2.24, 2.45) is 16.8 Å². The maximum Gasteiger partial charge on any atom is 0.194 e. The first-order valence-corrected chi connectivity index (χ1v) is 8.48. The van der Waals surface area contributed by atoms with Crippen LogP contribution in [0, 0.1) is 11.8 Å². The minimum absolute atomic E-state index is 0. The van der Waals surface area contributed by atoms with Crippen molar-refractivity contribution in [3.05, 3.63) is 17.5 Å². The zero-order chi connectivity index (χ0) is 16.1. The highest BCUT2D eigenvalue weighted by atomic mass is 127. The van der Waals surface area contributed by atoms with Crippen LogP contribution in [0.4, 0.5) is 0 Å². The minimum atomic E-state index is 0. The summed E-state index contributed by atoms with van der Waals surface area (Å²) in [4.78, 5) is 7.12. The van der Waals surface area contributed by atoms with Crippen LogP contribution < -0.4 is 5.32 Å². The molecule has 0 amide bonds. The lowest BCUT2D eigenvalue weighted by molar-refractivity contribution is 0.208. The molecule has 1 aromatic rings. The van der Waals surface area contributed by atoms with Gasteiger partial charge in [0.25, 0.3) is 0 Å². The van der Waals surface area contributed by atoms with E-state index in [0.29, 0.717) is 24.3 Å². The quantitative estimate of drug-likeness (QED) is 0.444. The van der Waals surface area contributed by atoms with Gasteiger partial charge in [0.05, 0.1) is 5.69 Å². The average molecular weight is 434 g/mol. The lowest BCUT2D eigenvalue weighted by Gasteiger charge is -2.37. The van der Waals surface area contributed by atoms with Crippen molar-refractivity contribution in [3.63, 3.8) is 0 Å². The normalized spacial score (nSPS) is 22.2. The van der Waals surface area contributed by atoms with E-state index in [1.165, 1.54) is 6.42 Å². The number of nitrogens with one attached hydrogen (secondary N) is 1. The molecule has 6 heteroatoms. The number of guanidine groups is 1. The van der Waals surface area contributed by atoms with Gasteiger partial charge in [-0.05, 0) is 31.1 Å². The zero-order valence-corrected chi connectivity index (χ0v) is 17.3. The Balaban J connectivity index is 0.00000264. The lowest BCUT2D eigenvalue weighted by atomic mass is 9.92. The first-order valence-electron chi connectivity index (χ1n) is 8.48. The summed E-state index contributed by atoms with van der Waals surface area (Å²) in [7, 11) is 0. The summed E-state index contributed by atoms with van der Waals surface area (Å²) < 4.78 is 5.38. The SMILES string of the molecule is CCNC(=NCc1cc(C(C)C)no1)N1CC(C)CC(C)C1.I. The molecule has 132 valence electrons. The largest absolute Gasteiger partial charge is 0.359 e. The van der Waals surface area contributed by atoms with Gasteiger partial charge in [0.1, 0.15) is 6.54 Å². The number of hydrogen-bond donors (Lipinski definition) is 1. The third-order valence-corrected chi connectivity index (χ3v) is 4.06. The van der Waals surface area contributed by atoms with E-state index >= 15 is 0 Å². The maximum absolute atomic E-state index is 5.38. The Hall–Kier alpha value is -0.790. The fourth-order valence-electron chi connectivity index (χ4n) is 3.09. The summed E-state index contributed by atoms with van der Waals surface area (Å²) >= 11 is 0. The summed E-state index contributed by atoms with van der Waals surface area (Å²) in [5, 5.41) is 7.51. The molecule has 2 unspecified atom stereocenters. The number of rotatable bonds is 4. The van der Waals surface area contributed by atoms with Crippen LogP contribution in [0.15, 0.2) is 15.6 Å². The van der Waals surface area contributed by atoms with Crippen molar-refractivity contribution < 1.29 is 4.52 Å². The summed E-state index contributed by atoms with van der Waals surface area (Å²) in [6, 6.07) is 2.01. The molecule has 1 aliphatic heterocycles. The number of nitrogens with zero attached hydrogens (tertiary/aromatic N) is 3. The van der Waals surface area contributed by atoms with Gasteiger partial charge >= 0.3 is 0 Å². The van der Waals surface area contributed by atoms with E-state index in [1.54, 1.807) is 0 Å². The van der Waals surface area contributed by atoms with Crippen molar-refractivity contribution in [3.8, 4) is 0 Å². The topological polar surface area (TPSA) is 53.7 Å². The van der Waals surface area contributed by atoms with Crippen LogP contribution in [0.1, 0.15) is 58.4 Å². The van der Waals surface area contributed by atoms with Crippen molar-refractivity contribution in [1.82, 2.24) is 15.4 Å². The van der Waals surface area contributed by atoms with Crippen LogP contribution in [0.3, 0.4) is 0 Å². The number of halogens is 1. The molecule has 1 saturated heterocycles. The molecule has 0 spiro atoms. The monoisotopic (exact) mass is 434 g/mol. The molecule has 0 saturated carbocycles. The van der Waals surface area contributed by atoms with Gasteiger partial charge in [-0.3, -0.25) is 0 Å². The highest BCUT2D eigenvalue weighted by Crippen LogP contribution is 2.21. The molecule has 1 fully saturated rings. The van der Waals surface area contributed by atoms with Crippen molar-refractivity contribution >= 4 is 29.9 Å². The molecular formula is C17H31IN4O. The molecule has 2 atom stereocenters. The van der Waals surface area contributed by atoms with Crippen LogP contribution in [0.2, 0.25) is 0 Å².